The predicted molar refractivity (Wildman–Crippen MR) is 122 cm³/mol. The zero-order chi connectivity index (χ0) is 23.7. The van der Waals surface area contributed by atoms with E-state index in [1.54, 1.807) is 26.2 Å². The molecule has 0 saturated carbocycles. The molecule has 0 atom stereocenters. The number of carbonyl (C=O) groups is 3. The van der Waals surface area contributed by atoms with Crippen LogP contribution in [0.4, 0.5) is 0 Å². The molecule has 172 valence electrons. The Morgan fingerprint density at radius 3 is 2.44 bits per heavy atom. The molecule has 1 amide bonds. The van der Waals surface area contributed by atoms with Crippen molar-refractivity contribution in [2.45, 2.75) is 58.9 Å². The minimum atomic E-state index is -0.376. The van der Waals surface area contributed by atoms with Crippen molar-refractivity contribution < 1.29 is 23.9 Å². The van der Waals surface area contributed by atoms with Crippen LogP contribution in [0.5, 0.6) is 5.75 Å². The number of Topliss-reactive ketones (excluding diaryl/α,β-unsaturated/α-hetero) is 1. The monoisotopic (exact) mass is 440 g/mol. The maximum Gasteiger partial charge on any atom is 0.306 e. The van der Waals surface area contributed by atoms with Gasteiger partial charge in [0.2, 0.25) is 0 Å². The number of benzene rings is 1. The zero-order valence-electron chi connectivity index (χ0n) is 19.5. The summed E-state index contributed by atoms with van der Waals surface area (Å²) in [7, 11) is 1.56. The van der Waals surface area contributed by atoms with Crippen LogP contribution in [0.1, 0.15) is 61.3 Å². The summed E-state index contributed by atoms with van der Waals surface area (Å²) in [4.78, 5) is 40.9. The molecule has 1 N–H and O–H groups in total. The first-order chi connectivity index (χ1) is 15.1. The molecular formula is C25H32N2O5. The molecule has 0 aliphatic rings. The normalized spacial score (nSPS) is 11.0. The van der Waals surface area contributed by atoms with Gasteiger partial charge in [0, 0.05) is 36.6 Å². The van der Waals surface area contributed by atoms with E-state index in [4.69, 9.17) is 9.47 Å². The summed E-state index contributed by atoms with van der Waals surface area (Å²) in [5, 5.41) is 2.87. The van der Waals surface area contributed by atoms with E-state index in [0.717, 1.165) is 16.7 Å². The van der Waals surface area contributed by atoms with Gasteiger partial charge in [-0.3, -0.25) is 19.4 Å². The lowest BCUT2D eigenvalue weighted by molar-refractivity contribution is -0.143. The van der Waals surface area contributed by atoms with Gasteiger partial charge < -0.3 is 14.8 Å². The number of amides is 1. The molecule has 1 heterocycles. The van der Waals surface area contributed by atoms with Crippen molar-refractivity contribution in [2.75, 3.05) is 13.7 Å². The lowest BCUT2D eigenvalue weighted by Crippen LogP contribution is -2.40. The van der Waals surface area contributed by atoms with Crippen molar-refractivity contribution in [3.8, 4) is 5.75 Å². The van der Waals surface area contributed by atoms with E-state index < -0.39 is 0 Å². The molecule has 0 unspecified atom stereocenters. The first-order valence-electron chi connectivity index (χ1n) is 10.7. The number of esters is 1. The fourth-order valence-corrected chi connectivity index (χ4v) is 3.22. The third kappa shape index (κ3) is 8.13. The Kier molecular flexibility index (Phi) is 8.93. The van der Waals surface area contributed by atoms with E-state index in [2.05, 4.69) is 10.3 Å². The Balaban J connectivity index is 2.07. The topological polar surface area (TPSA) is 94.6 Å². The third-order valence-electron chi connectivity index (χ3n) is 4.60. The quantitative estimate of drug-likeness (QED) is 0.569. The SMILES string of the molecule is CCOC(=O)CCc1ccc(OC)c(CC(=O)Cc2ccnc(C(=O)NC(C)(C)C)c2)c1. The third-order valence-corrected chi connectivity index (χ3v) is 4.60. The summed E-state index contributed by atoms with van der Waals surface area (Å²) in [6, 6.07) is 8.97. The summed E-state index contributed by atoms with van der Waals surface area (Å²) in [6.45, 7) is 7.82. The van der Waals surface area contributed by atoms with Gasteiger partial charge in [-0.25, -0.2) is 0 Å². The molecule has 2 aromatic rings. The number of nitrogens with zero attached hydrogens (tertiary/aromatic N) is 1. The highest BCUT2D eigenvalue weighted by atomic mass is 16.5. The maximum absolute atomic E-state index is 12.8. The Morgan fingerprint density at radius 2 is 1.78 bits per heavy atom. The van der Waals surface area contributed by atoms with Crippen LogP contribution in [0.15, 0.2) is 36.5 Å². The van der Waals surface area contributed by atoms with E-state index >= 15 is 0 Å². The Hall–Kier alpha value is -3.22. The minimum absolute atomic E-state index is 0.0146. The molecule has 0 saturated heterocycles. The number of aromatic nitrogens is 1. The number of ether oxygens (including phenoxy) is 2. The number of carbonyl (C=O) groups excluding carboxylic acids is 3. The van der Waals surface area contributed by atoms with Crippen LogP contribution in [0.3, 0.4) is 0 Å². The van der Waals surface area contributed by atoms with Gasteiger partial charge >= 0.3 is 5.97 Å². The van der Waals surface area contributed by atoms with Crippen molar-refractivity contribution >= 4 is 17.7 Å². The number of aryl methyl sites for hydroxylation is 1. The van der Waals surface area contributed by atoms with Gasteiger partial charge in [-0.1, -0.05) is 12.1 Å². The molecule has 7 heteroatoms. The van der Waals surface area contributed by atoms with Crippen molar-refractivity contribution in [3.63, 3.8) is 0 Å². The molecule has 0 aliphatic heterocycles. The highest BCUT2D eigenvalue weighted by molar-refractivity contribution is 5.93. The van der Waals surface area contributed by atoms with Gasteiger partial charge in [-0.15, -0.1) is 0 Å². The second kappa shape index (κ2) is 11.4. The van der Waals surface area contributed by atoms with Gasteiger partial charge in [-0.05, 0) is 63.4 Å². The lowest BCUT2D eigenvalue weighted by Gasteiger charge is -2.20. The highest BCUT2D eigenvalue weighted by Gasteiger charge is 2.17. The van der Waals surface area contributed by atoms with Crippen LogP contribution >= 0.6 is 0 Å². The molecule has 0 bridgehead atoms. The molecule has 0 fully saturated rings. The average Bonchev–Trinajstić information content (AvgIpc) is 2.71. The first kappa shape index (κ1) is 25.0. The molecule has 0 radical (unpaired) electrons. The van der Waals surface area contributed by atoms with Crippen molar-refractivity contribution in [1.29, 1.82) is 0 Å². The van der Waals surface area contributed by atoms with Crippen LogP contribution in [0.2, 0.25) is 0 Å². The van der Waals surface area contributed by atoms with Crippen LogP contribution in [-0.4, -0.2) is 41.9 Å². The lowest BCUT2D eigenvalue weighted by atomic mass is 9.99. The summed E-state index contributed by atoms with van der Waals surface area (Å²) < 4.78 is 10.4. The highest BCUT2D eigenvalue weighted by Crippen LogP contribution is 2.22. The smallest absolute Gasteiger partial charge is 0.306 e. The minimum Gasteiger partial charge on any atom is -0.496 e. The summed E-state index contributed by atoms with van der Waals surface area (Å²) in [5.41, 5.74) is 2.33. The Labute approximate surface area is 189 Å². The standard InChI is InChI=1S/C25H32N2O5/c1-6-32-23(29)10-8-17-7-9-22(31-5)19(13-17)16-20(28)14-18-11-12-26-21(15-18)24(30)27-25(2,3)4/h7,9,11-13,15H,6,8,10,14,16H2,1-5H3,(H,27,30). The van der Waals surface area contributed by atoms with E-state index in [-0.39, 0.29) is 48.2 Å². The molecule has 0 spiro atoms. The van der Waals surface area contributed by atoms with Gasteiger partial charge in [0.05, 0.1) is 13.7 Å². The van der Waals surface area contributed by atoms with Gasteiger partial charge in [0.15, 0.2) is 0 Å². The Morgan fingerprint density at radius 1 is 1.03 bits per heavy atom. The van der Waals surface area contributed by atoms with Gasteiger partial charge in [0.25, 0.3) is 5.91 Å². The molecule has 1 aromatic heterocycles. The molecular weight excluding hydrogens is 408 g/mol. The number of ketones is 1. The molecule has 32 heavy (non-hydrogen) atoms. The van der Waals surface area contributed by atoms with E-state index in [0.29, 0.717) is 18.8 Å². The fourth-order valence-electron chi connectivity index (χ4n) is 3.22. The van der Waals surface area contributed by atoms with Crippen LogP contribution < -0.4 is 10.1 Å². The van der Waals surface area contributed by atoms with Crippen LogP contribution in [0, 0.1) is 0 Å². The molecule has 2 rings (SSSR count). The number of rotatable bonds is 10. The summed E-state index contributed by atoms with van der Waals surface area (Å²) >= 11 is 0. The summed E-state index contributed by atoms with van der Waals surface area (Å²) in [5.74, 6) is 0.0881. The number of hydrogen-bond acceptors (Lipinski definition) is 6. The zero-order valence-corrected chi connectivity index (χ0v) is 19.5. The molecule has 1 aromatic carbocycles. The Bertz CT molecular complexity index is 963. The predicted octanol–water partition coefficient (Wildman–Crippen LogP) is 3.47. The second-order valence-electron chi connectivity index (χ2n) is 8.60. The number of hydrogen-bond donors (Lipinski definition) is 1. The van der Waals surface area contributed by atoms with Gasteiger partial charge in [-0.2, -0.15) is 0 Å². The van der Waals surface area contributed by atoms with Crippen LogP contribution in [-0.2, 0) is 33.6 Å². The van der Waals surface area contributed by atoms with E-state index in [1.165, 1.54) is 6.20 Å². The number of nitrogens with one attached hydrogen (secondary N) is 1. The van der Waals surface area contributed by atoms with E-state index in [9.17, 15) is 14.4 Å². The molecule has 0 aliphatic carbocycles. The van der Waals surface area contributed by atoms with Gasteiger partial charge in [0.1, 0.15) is 17.2 Å². The van der Waals surface area contributed by atoms with E-state index in [1.807, 2.05) is 39.0 Å². The fraction of sp³-hybridized carbons (Fsp3) is 0.440. The van der Waals surface area contributed by atoms with Crippen molar-refractivity contribution in [3.05, 3.63) is 58.9 Å². The first-order valence-corrected chi connectivity index (χ1v) is 10.7. The number of methoxy groups -OCH3 is 1. The molecule has 7 nitrogen and oxygen atoms in total. The van der Waals surface area contributed by atoms with Crippen LogP contribution in [0.25, 0.3) is 0 Å². The summed E-state index contributed by atoms with van der Waals surface area (Å²) in [6.07, 6.45) is 2.71. The maximum atomic E-state index is 12.8. The van der Waals surface area contributed by atoms with Crippen molar-refractivity contribution in [2.24, 2.45) is 0 Å². The largest absolute Gasteiger partial charge is 0.496 e. The average molecular weight is 441 g/mol. The van der Waals surface area contributed by atoms with Crippen molar-refractivity contribution in [1.82, 2.24) is 10.3 Å². The second-order valence-corrected chi connectivity index (χ2v) is 8.60. The number of pyridine rings is 1.